The second-order valence-electron chi connectivity index (χ2n) is 3.46. The molecule has 0 radical (unpaired) electrons. The maximum atomic E-state index is 13.0. The van der Waals surface area contributed by atoms with Gasteiger partial charge < -0.3 is 4.57 Å². The molecule has 1 heterocycles. The quantitative estimate of drug-likeness (QED) is 0.798. The summed E-state index contributed by atoms with van der Waals surface area (Å²) in [4.78, 5) is 0. The Morgan fingerprint density at radius 2 is 2.06 bits per heavy atom. The number of hydrogen-bond donors (Lipinski definition) is 0. The van der Waals surface area contributed by atoms with Crippen molar-refractivity contribution < 1.29 is 8.78 Å². The van der Waals surface area contributed by atoms with Gasteiger partial charge in [0.05, 0.1) is 0 Å². The Morgan fingerprint density at radius 1 is 1.25 bits per heavy atom. The van der Waals surface area contributed by atoms with Crippen molar-refractivity contribution in [3.05, 3.63) is 47.5 Å². The number of rotatable bonds is 3. The molecule has 84 valence electrons. The number of aromatic nitrogens is 3. The van der Waals surface area contributed by atoms with Gasteiger partial charge in [-0.15, -0.1) is 10.2 Å². The molecule has 16 heavy (non-hydrogen) atoms. The van der Waals surface area contributed by atoms with E-state index in [0.29, 0.717) is 12.0 Å². The van der Waals surface area contributed by atoms with Gasteiger partial charge >= 0.3 is 0 Å². The third-order valence-electron chi connectivity index (χ3n) is 2.38. The summed E-state index contributed by atoms with van der Waals surface area (Å²) in [5, 5.41) is 7.71. The summed E-state index contributed by atoms with van der Waals surface area (Å²) in [6.45, 7) is 2.73. The molecule has 0 bridgehead atoms. The minimum absolute atomic E-state index is 0.449. The molecule has 0 aliphatic heterocycles. The normalized spacial score (nSPS) is 10.7. The zero-order valence-corrected chi connectivity index (χ0v) is 8.82. The first-order valence-corrected chi connectivity index (χ1v) is 5.01. The highest BCUT2D eigenvalue weighted by Gasteiger charge is 2.07. The van der Waals surface area contributed by atoms with E-state index in [0.717, 1.165) is 18.4 Å². The molecule has 0 aliphatic rings. The Hall–Kier alpha value is -1.78. The third-order valence-corrected chi connectivity index (χ3v) is 2.38. The second kappa shape index (κ2) is 4.38. The molecule has 0 fully saturated rings. The molecule has 0 unspecified atom stereocenters. The lowest BCUT2D eigenvalue weighted by molar-refractivity contribution is 0.507. The number of hydrogen-bond acceptors (Lipinski definition) is 2. The van der Waals surface area contributed by atoms with Crippen LogP contribution >= 0.6 is 0 Å². The molecule has 0 amide bonds. The minimum atomic E-state index is -0.833. The monoisotopic (exact) mass is 223 g/mol. The molecule has 0 saturated carbocycles. The fraction of sp³-hybridized carbons (Fsp3) is 0.273. The highest BCUT2D eigenvalue weighted by Crippen LogP contribution is 2.12. The number of aryl methyl sites for hydroxylation is 1. The average molecular weight is 223 g/mol. The summed E-state index contributed by atoms with van der Waals surface area (Å²) < 4.78 is 27.5. The van der Waals surface area contributed by atoms with Crippen molar-refractivity contribution in [3.63, 3.8) is 0 Å². The van der Waals surface area contributed by atoms with Crippen LogP contribution in [0.15, 0.2) is 24.5 Å². The van der Waals surface area contributed by atoms with Gasteiger partial charge in [-0.2, -0.15) is 0 Å². The first-order valence-electron chi connectivity index (χ1n) is 5.01. The van der Waals surface area contributed by atoms with Gasteiger partial charge in [0.15, 0.2) is 11.6 Å². The molecule has 0 saturated heterocycles. The molecule has 1 aromatic carbocycles. The van der Waals surface area contributed by atoms with Gasteiger partial charge in [-0.05, 0) is 24.6 Å². The van der Waals surface area contributed by atoms with Crippen molar-refractivity contribution in [1.29, 1.82) is 0 Å². The van der Waals surface area contributed by atoms with E-state index < -0.39 is 11.6 Å². The smallest absolute Gasteiger partial charge is 0.159 e. The van der Waals surface area contributed by atoms with Gasteiger partial charge in [-0.3, -0.25) is 0 Å². The van der Waals surface area contributed by atoms with Crippen molar-refractivity contribution in [3.8, 4) is 0 Å². The predicted molar refractivity (Wildman–Crippen MR) is 54.9 cm³/mol. The Morgan fingerprint density at radius 3 is 2.75 bits per heavy atom. The van der Waals surface area contributed by atoms with Crippen LogP contribution < -0.4 is 0 Å². The SMILES string of the molecule is CCn1cnnc1Cc1ccc(F)c(F)c1. The Kier molecular flexibility index (Phi) is 2.94. The molecular formula is C11H11F2N3. The summed E-state index contributed by atoms with van der Waals surface area (Å²) in [7, 11) is 0. The topological polar surface area (TPSA) is 30.7 Å². The fourth-order valence-corrected chi connectivity index (χ4v) is 1.51. The highest BCUT2D eigenvalue weighted by atomic mass is 19.2. The van der Waals surface area contributed by atoms with Gasteiger partial charge in [0.1, 0.15) is 12.2 Å². The van der Waals surface area contributed by atoms with Gasteiger partial charge in [0.2, 0.25) is 0 Å². The van der Waals surface area contributed by atoms with Gasteiger partial charge in [-0.1, -0.05) is 6.07 Å². The van der Waals surface area contributed by atoms with Gasteiger partial charge in [-0.25, -0.2) is 8.78 Å². The second-order valence-corrected chi connectivity index (χ2v) is 3.46. The summed E-state index contributed by atoms with van der Waals surface area (Å²) in [6.07, 6.45) is 2.07. The van der Waals surface area contributed by atoms with Crippen LogP contribution in [0.5, 0.6) is 0 Å². The molecular weight excluding hydrogens is 212 g/mol. The van der Waals surface area contributed by atoms with Crippen LogP contribution in [0.25, 0.3) is 0 Å². The molecule has 0 N–H and O–H groups in total. The van der Waals surface area contributed by atoms with Crippen LogP contribution in [0.1, 0.15) is 18.3 Å². The van der Waals surface area contributed by atoms with E-state index in [9.17, 15) is 8.78 Å². The molecule has 2 aromatic rings. The number of benzene rings is 1. The predicted octanol–water partition coefficient (Wildman–Crippen LogP) is 2.17. The minimum Gasteiger partial charge on any atom is -0.318 e. The number of halogens is 2. The van der Waals surface area contributed by atoms with Gasteiger partial charge in [0.25, 0.3) is 0 Å². The van der Waals surface area contributed by atoms with E-state index in [1.807, 2.05) is 11.5 Å². The lowest BCUT2D eigenvalue weighted by Crippen LogP contribution is -2.02. The van der Waals surface area contributed by atoms with E-state index >= 15 is 0 Å². The van der Waals surface area contributed by atoms with Crippen molar-refractivity contribution in [2.75, 3.05) is 0 Å². The summed E-state index contributed by atoms with van der Waals surface area (Å²) in [6, 6.07) is 3.86. The maximum Gasteiger partial charge on any atom is 0.159 e. The fourth-order valence-electron chi connectivity index (χ4n) is 1.51. The van der Waals surface area contributed by atoms with E-state index in [1.165, 1.54) is 6.07 Å². The van der Waals surface area contributed by atoms with Crippen molar-refractivity contribution in [2.24, 2.45) is 0 Å². The Labute approximate surface area is 91.7 Å². The standard InChI is InChI=1S/C11H11F2N3/c1-2-16-7-14-15-11(16)6-8-3-4-9(12)10(13)5-8/h3-5,7H,2,6H2,1H3. The van der Waals surface area contributed by atoms with E-state index in [1.54, 1.807) is 12.4 Å². The van der Waals surface area contributed by atoms with Crippen molar-refractivity contribution >= 4 is 0 Å². The van der Waals surface area contributed by atoms with Crippen LogP contribution in [0.4, 0.5) is 8.78 Å². The van der Waals surface area contributed by atoms with Crippen molar-refractivity contribution in [1.82, 2.24) is 14.8 Å². The molecule has 0 spiro atoms. The average Bonchev–Trinajstić information content (AvgIpc) is 2.71. The van der Waals surface area contributed by atoms with Crippen molar-refractivity contribution in [2.45, 2.75) is 19.9 Å². The van der Waals surface area contributed by atoms with Crippen LogP contribution in [-0.4, -0.2) is 14.8 Å². The molecule has 3 nitrogen and oxygen atoms in total. The first-order chi connectivity index (χ1) is 7.70. The maximum absolute atomic E-state index is 13.0. The van der Waals surface area contributed by atoms with Crippen LogP contribution in [0.3, 0.4) is 0 Å². The highest BCUT2D eigenvalue weighted by molar-refractivity contribution is 5.21. The van der Waals surface area contributed by atoms with Crippen LogP contribution in [0, 0.1) is 11.6 Å². The van der Waals surface area contributed by atoms with E-state index in [-0.39, 0.29) is 0 Å². The zero-order chi connectivity index (χ0) is 11.5. The third kappa shape index (κ3) is 2.08. The molecule has 2 rings (SSSR count). The van der Waals surface area contributed by atoms with Gasteiger partial charge in [0, 0.05) is 13.0 Å². The summed E-state index contributed by atoms with van der Waals surface area (Å²) in [5.41, 5.74) is 0.682. The lowest BCUT2D eigenvalue weighted by atomic mass is 10.1. The van der Waals surface area contributed by atoms with E-state index in [4.69, 9.17) is 0 Å². The lowest BCUT2D eigenvalue weighted by Gasteiger charge is -2.03. The molecule has 0 atom stereocenters. The summed E-state index contributed by atoms with van der Waals surface area (Å²) in [5.74, 6) is -0.922. The first kappa shape index (κ1) is 10.7. The number of nitrogens with zero attached hydrogens (tertiary/aromatic N) is 3. The molecule has 1 aromatic heterocycles. The van der Waals surface area contributed by atoms with Crippen LogP contribution in [0.2, 0.25) is 0 Å². The largest absolute Gasteiger partial charge is 0.318 e. The summed E-state index contributed by atoms with van der Waals surface area (Å²) >= 11 is 0. The molecule has 0 aliphatic carbocycles. The van der Waals surface area contributed by atoms with Crippen LogP contribution in [-0.2, 0) is 13.0 Å². The molecule has 5 heteroatoms. The van der Waals surface area contributed by atoms with E-state index in [2.05, 4.69) is 10.2 Å². The Balaban J connectivity index is 2.24. The Bertz CT molecular complexity index is 494. The zero-order valence-electron chi connectivity index (χ0n) is 8.82.